The first-order valence-corrected chi connectivity index (χ1v) is 4.71. The smallest absolute Gasteiger partial charge is 0.133 e. The lowest BCUT2D eigenvalue weighted by atomic mass is 10.1. The Morgan fingerprint density at radius 2 is 2.00 bits per heavy atom. The maximum Gasteiger partial charge on any atom is 0.133 e. The van der Waals surface area contributed by atoms with Gasteiger partial charge in [-0.3, -0.25) is 0 Å². The Bertz CT molecular complexity index is 455. The van der Waals surface area contributed by atoms with E-state index in [1.165, 1.54) is 11.1 Å². The molecule has 0 saturated carbocycles. The van der Waals surface area contributed by atoms with Crippen molar-refractivity contribution < 1.29 is 0 Å². The van der Waals surface area contributed by atoms with E-state index in [1.807, 2.05) is 6.21 Å². The average Bonchev–Trinajstić information content (AvgIpc) is 2.58. The van der Waals surface area contributed by atoms with E-state index in [2.05, 4.69) is 52.5 Å². The van der Waals surface area contributed by atoms with Crippen molar-refractivity contribution in [3.8, 4) is 0 Å². The van der Waals surface area contributed by atoms with Gasteiger partial charge in [-0.25, -0.2) is 4.99 Å². The molecular formula is C12H10N2. The molecule has 0 N–H and O–H groups in total. The van der Waals surface area contributed by atoms with Gasteiger partial charge in [0.25, 0.3) is 0 Å². The van der Waals surface area contributed by atoms with Gasteiger partial charge in [-0.15, -0.1) is 0 Å². The normalized spacial score (nSPS) is 17.4. The zero-order chi connectivity index (χ0) is 9.38. The molecule has 0 saturated heterocycles. The lowest BCUT2D eigenvalue weighted by Gasteiger charge is -2.09. The molecule has 0 spiro atoms. The van der Waals surface area contributed by atoms with Crippen molar-refractivity contribution in [1.82, 2.24) is 4.90 Å². The molecule has 0 fully saturated rings. The molecule has 2 heterocycles. The highest BCUT2D eigenvalue weighted by Crippen LogP contribution is 2.23. The van der Waals surface area contributed by atoms with Crippen LogP contribution in [-0.2, 0) is 0 Å². The zero-order valence-corrected chi connectivity index (χ0v) is 7.72. The highest BCUT2D eigenvalue weighted by atomic mass is 15.2. The fourth-order valence-corrected chi connectivity index (χ4v) is 1.75. The number of nitrogens with zero attached hydrogens (tertiary/aromatic N) is 2. The molecule has 0 aliphatic carbocycles. The van der Waals surface area contributed by atoms with E-state index in [0.717, 1.165) is 12.4 Å². The molecule has 0 amide bonds. The fraction of sp³-hybridized carbons (Fsp3) is 0.0833. The number of hydrogen-bond donors (Lipinski definition) is 0. The topological polar surface area (TPSA) is 15.6 Å². The van der Waals surface area contributed by atoms with Crippen LogP contribution in [0.25, 0.3) is 12.2 Å². The number of aliphatic imine (C=N–C) groups is 1. The van der Waals surface area contributed by atoms with Crippen LogP contribution < -0.4 is 0 Å². The molecular weight excluding hydrogens is 172 g/mol. The highest BCUT2D eigenvalue weighted by Gasteiger charge is 2.13. The molecule has 0 atom stereocenters. The molecule has 0 unspecified atom stereocenters. The number of hydrogen-bond acceptors (Lipinski definition) is 2. The number of benzene rings is 1. The van der Waals surface area contributed by atoms with E-state index in [0.29, 0.717) is 0 Å². The van der Waals surface area contributed by atoms with Gasteiger partial charge in [0.15, 0.2) is 0 Å². The van der Waals surface area contributed by atoms with E-state index < -0.39 is 0 Å². The minimum Gasteiger partial charge on any atom is -0.328 e. The Balaban J connectivity index is 2.19. The third kappa shape index (κ3) is 1.08. The van der Waals surface area contributed by atoms with E-state index in [4.69, 9.17) is 0 Å². The summed E-state index contributed by atoms with van der Waals surface area (Å²) in [6.45, 7) is 0.885. The second kappa shape index (κ2) is 2.84. The van der Waals surface area contributed by atoms with Gasteiger partial charge in [-0.1, -0.05) is 24.3 Å². The summed E-state index contributed by atoms with van der Waals surface area (Å²) in [5.41, 5.74) is 2.49. The molecule has 3 rings (SSSR count). The second-order valence-corrected chi connectivity index (χ2v) is 3.41. The van der Waals surface area contributed by atoms with Gasteiger partial charge in [-0.05, 0) is 23.3 Å². The Hall–Kier alpha value is -1.83. The first-order valence-electron chi connectivity index (χ1n) is 4.71. The van der Waals surface area contributed by atoms with Crippen LogP contribution in [0.3, 0.4) is 0 Å². The maximum atomic E-state index is 4.33. The van der Waals surface area contributed by atoms with Gasteiger partial charge < -0.3 is 4.90 Å². The van der Waals surface area contributed by atoms with Crippen LogP contribution in [0.1, 0.15) is 11.1 Å². The van der Waals surface area contributed by atoms with Crippen molar-refractivity contribution in [1.29, 1.82) is 0 Å². The van der Waals surface area contributed by atoms with Crippen molar-refractivity contribution in [2.45, 2.75) is 0 Å². The molecule has 14 heavy (non-hydrogen) atoms. The average molecular weight is 182 g/mol. The first kappa shape index (κ1) is 7.56. The van der Waals surface area contributed by atoms with Crippen LogP contribution >= 0.6 is 0 Å². The van der Waals surface area contributed by atoms with E-state index in [9.17, 15) is 0 Å². The first-order chi connectivity index (χ1) is 6.93. The van der Waals surface area contributed by atoms with Gasteiger partial charge in [0, 0.05) is 12.4 Å². The summed E-state index contributed by atoms with van der Waals surface area (Å²) in [6.07, 6.45) is 8.28. The lowest BCUT2D eigenvalue weighted by molar-refractivity contribution is 0.563. The van der Waals surface area contributed by atoms with Crippen molar-refractivity contribution in [3.63, 3.8) is 0 Å². The number of rotatable bonds is 0. The molecule has 2 nitrogen and oxygen atoms in total. The Morgan fingerprint density at radius 3 is 2.93 bits per heavy atom. The fourth-order valence-electron chi connectivity index (χ4n) is 1.75. The number of fused-ring (bicyclic) bond motifs is 2. The van der Waals surface area contributed by atoms with Gasteiger partial charge in [0.1, 0.15) is 5.82 Å². The van der Waals surface area contributed by atoms with Crippen LogP contribution in [-0.4, -0.2) is 17.7 Å². The molecule has 2 aliphatic heterocycles. The summed E-state index contributed by atoms with van der Waals surface area (Å²) in [5, 5.41) is 0. The van der Waals surface area contributed by atoms with Crippen molar-refractivity contribution >= 4 is 18.4 Å². The van der Waals surface area contributed by atoms with E-state index in [1.54, 1.807) is 0 Å². The molecule has 0 aromatic heterocycles. The molecule has 2 aliphatic rings. The Labute approximate surface area is 82.9 Å². The minimum atomic E-state index is 0.885. The van der Waals surface area contributed by atoms with Gasteiger partial charge in [-0.2, -0.15) is 0 Å². The molecule has 68 valence electrons. The van der Waals surface area contributed by atoms with Crippen LogP contribution in [0.2, 0.25) is 0 Å². The van der Waals surface area contributed by atoms with E-state index >= 15 is 0 Å². The molecule has 0 bridgehead atoms. The van der Waals surface area contributed by atoms with Gasteiger partial charge >= 0.3 is 0 Å². The van der Waals surface area contributed by atoms with Crippen molar-refractivity contribution in [2.75, 3.05) is 6.54 Å². The molecule has 1 aromatic carbocycles. The summed E-state index contributed by atoms with van der Waals surface area (Å²) in [7, 11) is 0. The summed E-state index contributed by atoms with van der Waals surface area (Å²) < 4.78 is 0. The van der Waals surface area contributed by atoms with Crippen molar-refractivity contribution in [2.24, 2.45) is 4.99 Å². The summed E-state index contributed by atoms with van der Waals surface area (Å²) in [4.78, 5) is 6.47. The van der Waals surface area contributed by atoms with Crippen LogP contribution in [0.15, 0.2) is 41.3 Å². The summed E-state index contributed by atoms with van der Waals surface area (Å²) in [5.74, 6) is 1.03. The van der Waals surface area contributed by atoms with Crippen molar-refractivity contribution in [3.05, 3.63) is 47.4 Å². The SMILES string of the molecule is C1=CN2CC=NC2=Cc2ccccc21. The monoisotopic (exact) mass is 182 g/mol. The second-order valence-electron chi connectivity index (χ2n) is 3.41. The molecule has 0 radical (unpaired) electrons. The zero-order valence-electron chi connectivity index (χ0n) is 7.72. The largest absolute Gasteiger partial charge is 0.328 e. The lowest BCUT2D eigenvalue weighted by Crippen LogP contribution is -2.09. The van der Waals surface area contributed by atoms with Crippen LogP contribution in [0, 0.1) is 0 Å². The summed E-state index contributed by atoms with van der Waals surface area (Å²) >= 11 is 0. The van der Waals surface area contributed by atoms with E-state index in [-0.39, 0.29) is 0 Å². The third-order valence-electron chi connectivity index (χ3n) is 2.51. The Kier molecular flexibility index (Phi) is 1.53. The quantitative estimate of drug-likeness (QED) is 0.601. The van der Waals surface area contributed by atoms with Crippen LogP contribution in [0.4, 0.5) is 0 Å². The predicted octanol–water partition coefficient (Wildman–Crippen LogP) is 2.36. The third-order valence-corrected chi connectivity index (χ3v) is 2.51. The standard InChI is InChI=1S/C12H10N2/c1-2-4-11-9-12-13-6-8-14(12)7-5-10(11)3-1/h1-7,9H,8H2. The Morgan fingerprint density at radius 1 is 1.14 bits per heavy atom. The molecule has 1 aromatic rings. The van der Waals surface area contributed by atoms with Crippen LogP contribution in [0.5, 0.6) is 0 Å². The molecule has 2 heteroatoms. The van der Waals surface area contributed by atoms with Gasteiger partial charge in [0.2, 0.25) is 0 Å². The summed E-state index contributed by atoms with van der Waals surface area (Å²) in [6, 6.07) is 8.35. The maximum absolute atomic E-state index is 4.33. The highest BCUT2D eigenvalue weighted by molar-refractivity contribution is 5.74. The minimum absolute atomic E-state index is 0.885. The van der Waals surface area contributed by atoms with Gasteiger partial charge in [0.05, 0.1) is 6.54 Å². The predicted molar refractivity (Wildman–Crippen MR) is 58.7 cm³/mol.